The highest BCUT2D eigenvalue weighted by Gasteiger charge is 2.24. The third kappa shape index (κ3) is 5.73. The fourth-order valence-corrected chi connectivity index (χ4v) is 5.37. The normalized spacial score (nSPS) is 13.6. The van der Waals surface area contributed by atoms with E-state index in [1.807, 2.05) is 30.3 Å². The molecule has 3 aromatic carbocycles. The van der Waals surface area contributed by atoms with Crippen LogP contribution in [-0.2, 0) is 13.1 Å². The number of imidazole rings is 1. The smallest absolute Gasteiger partial charge is 0.302 e. The van der Waals surface area contributed by atoms with Crippen LogP contribution in [0.15, 0.2) is 65.8 Å². The lowest BCUT2D eigenvalue weighted by Crippen LogP contribution is -2.29. The van der Waals surface area contributed by atoms with Crippen LogP contribution in [0.2, 0.25) is 0 Å². The summed E-state index contributed by atoms with van der Waals surface area (Å²) in [4.78, 5) is 17.8. The summed E-state index contributed by atoms with van der Waals surface area (Å²) in [6.45, 7) is 5.56. The number of carbonyl (C=O) groups excluding carboxylic acids is 1. The third-order valence-corrected chi connectivity index (χ3v) is 7.36. The highest BCUT2D eigenvalue weighted by molar-refractivity contribution is 8.14. The molecule has 0 saturated carbocycles. The van der Waals surface area contributed by atoms with E-state index < -0.39 is 0 Å². The van der Waals surface area contributed by atoms with Gasteiger partial charge in [0, 0.05) is 29.5 Å². The van der Waals surface area contributed by atoms with Gasteiger partial charge in [-0.15, -0.1) is 0 Å². The zero-order valence-electron chi connectivity index (χ0n) is 22.8. The lowest BCUT2D eigenvalue weighted by molar-refractivity contribution is 0.222. The quantitative estimate of drug-likeness (QED) is 0.241. The average Bonchev–Trinajstić information content (AvgIpc) is 3.30. The van der Waals surface area contributed by atoms with Gasteiger partial charge in [-0.1, -0.05) is 43.8 Å². The van der Waals surface area contributed by atoms with Crippen molar-refractivity contribution >= 4 is 33.7 Å². The van der Waals surface area contributed by atoms with Gasteiger partial charge in [-0.05, 0) is 47.9 Å². The zero-order chi connectivity index (χ0) is 27.5. The Morgan fingerprint density at radius 1 is 0.897 bits per heavy atom. The second kappa shape index (κ2) is 11.4. The molecule has 1 aromatic heterocycles. The van der Waals surface area contributed by atoms with Crippen molar-refractivity contribution in [3.8, 4) is 28.6 Å². The summed E-state index contributed by atoms with van der Waals surface area (Å²) in [6.07, 6.45) is 0. The molecule has 0 unspecified atom stereocenters. The Balaban J connectivity index is 1.51. The Kier molecular flexibility index (Phi) is 7.79. The molecular formula is C30H32N4O4S. The van der Waals surface area contributed by atoms with Crippen molar-refractivity contribution < 1.29 is 19.0 Å². The van der Waals surface area contributed by atoms with E-state index in [0.29, 0.717) is 29.7 Å². The maximum Gasteiger partial charge on any atom is 0.302 e. The maximum absolute atomic E-state index is 12.8. The van der Waals surface area contributed by atoms with Crippen LogP contribution < -0.4 is 14.2 Å². The number of benzene rings is 3. The molecule has 0 aliphatic carbocycles. The summed E-state index contributed by atoms with van der Waals surface area (Å²) in [5.41, 5.74) is 5.60. The van der Waals surface area contributed by atoms with Gasteiger partial charge < -0.3 is 18.8 Å². The summed E-state index contributed by atoms with van der Waals surface area (Å²) in [5.74, 6) is 3.97. The number of hydrogen-bond donors (Lipinski definition) is 0. The number of aromatic nitrogens is 2. The molecule has 0 saturated heterocycles. The molecule has 0 bridgehead atoms. The van der Waals surface area contributed by atoms with Gasteiger partial charge in [-0.3, -0.25) is 4.79 Å². The van der Waals surface area contributed by atoms with E-state index in [1.165, 1.54) is 16.8 Å². The average molecular weight is 545 g/mol. The van der Waals surface area contributed by atoms with E-state index in [2.05, 4.69) is 42.7 Å². The lowest BCUT2D eigenvalue weighted by Gasteiger charge is -2.23. The van der Waals surface area contributed by atoms with Crippen LogP contribution in [0.4, 0.5) is 4.79 Å². The minimum atomic E-state index is -0.0943. The fraction of sp³-hybridized carbons (Fsp3) is 0.300. The molecule has 39 heavy (non-hydrogen) atoms. The Bertz CT molecular complexity index is 1520. The summed E-state index contributed by atoms with van der Waals surface area (Å²) in [6, 6.07) is 19.8. The molecule has 0 fully saturated rings. The summed E-state index contributed by atoms with van der Waals surface area (Å²) >= 11 is 1.25. The predicted octanol–water partition coefficient (Wildman–Crippen LogP) is 6.46. The van der Waals surface area contributed by atoms with Crippen LogP contribution in [0.3, 0.4) is 0 Å². The highest BCUT2D eigenvalue weighted by Crippen LogP contribution is 2.31. The molecule has 0 N–H and O–H groups in total. The van der Waals surface area contributed by atoms with Gasteiger partial charge >= 0.3 is 5.24 Å². The second-order valence-corrected chi connectivity index (χ2v) is 10.7. The molecular weight excluding hydrogens is 512 g/mol. The molecule has 9 heteroatoms. The molecule has 2 heterocycles. The first-order valence-electron chi connectivity index (χ1n) is 12.8. The second-order valence-electron chi connectivity index (χ2n) is 9.76. The molecule has 0 atom stereocenters. The van der Waals surface area contributed by atoms with Crippen molar-refractivity contribution in [3.63, 3.8) is 0 Å². The number of thioether (sulfide) groups is 1. The van der Waals surface area contributed by atoms with Gasteiger partial charge in [-0.2, -0.15) is 5.10 Å². The number of hydrazone groups is 1. The fourth-order valence-electron chi connectivity index (χ4n) is 4.63. The van der Waals surface area contributed by atoms with Gasteiger partial charge in [0.15, 0.2) is 0 Å². The van der Waals surface area contributed by atoms with Gasteiger partial charge in [0.25, 0.3) is 0 Å². The molecule has 1 amide bonds. The predicted molar refractivity (Wildman–Crippen MR) is 156 cm³/mol. The molecule has 5 rings (SSSR count). The van der Waals surface area contributed by atoms with Crippen LogP contribution in [0.25, 0.3) is 22.4 Å². The molecule has 4 aromatic rings. The monoisotopic (exact) mass is 544 g/mol. The number of fused-ring (bicyclic) bond motifs is 1. The Labute approximate surface area is 232 Å². The Morgan fingerprint density at radius 3 is 2.33 bits per heavy atom. The summed E-state index contributed by atoms with van der Waals surface area (Å²) < 4.78 is 18.5. The van der Waals surface area contributed by atoms with Crippen molar-refractivity contribution in [2.24, 2.45) is 11.0 Å². The van der Waals surface area contributed by atoms with Gasteiger partial charge in [0.1, 0.15) is 23.1 Å². The number of ether oxygens (including phenoxy) is 3. The third-order valence-electron chi connectivity index (χ3n) is 6.49. The zero-order valence-corrected chi connectivity index (χ0v) is 23.6. The van der Waals surface area contributed by atoms with Crippen molar-refractivity contribution in [1.29, 1.82) is 0 Å². The topological polar surface area (TPSA) is 78.2 Å². The van der Waals surface area contributed by atoms with Crippen LogP contribution in [-0.4, -0.2) is 52.6 Å². The minimum Gasteiger partial charge on any atom is -0.497 e. The van der Waals surface area contributed by atoms with Crippen molar-refractivity contribution in [1.82, 2.24) is 14.6 Å². The van der Waals surface area contributed by atoms with Crippen LogP contribution >= 0.6 is 11.8 Å². The molecule has 0 spiro atoms. The van der Waals surface area contributed by atoms with E-state index in [-0.39, 0.29) is 5.24 Å². The molecule has 8 nitrogen and oxygen atoms in total. The van der Waals surface area contributed by atoms with E-state index in [4.69, 9.17) is 24.3 Å². The van der Waals surface area contributed by atoms with Crippen LogP contribution in [0, 0.1) is 5.92 Å². The molecule has 1 aliphatic rings. The van der Waals surface area contributed by atoms with E-state index in [9.17, 15) is 4.79 Å². The first-order valence-corrected chi connectivity index (χ1v) is 13.8. The minimum absolute atomic E-state index is 0.0943. The maximum atomic E-state index is 12.8. The first-order chi connectivity index (χ1) is 18.9. The largest absolute Gasteiger partial charge is 0.497 e. The summed E-state index contributed by atoms with van der Waals surface area (Å²) in [7, 11) is 4.88. The number of rotatable bonds is 9. The first kappa shape index (κ1) is 26.6. The standard InChI is InChI=1S/C30H32N4O4S/c1-19(2)16-33-28-10-9-21(14-26(28)31-29(33)22-7-6-8-23(13-22)36-3)27-18-39-30(35)34(32-27)17-20-11-24(37-4)15-25(12-20)38-5/h6-15,19H,16-18H2,1-5H3. The van der Waals surface area contributed by atoms with E-state index >= 15 is 0 Å². The van der Waals surface area contributed by atoms with Crippen molar-refractivity contribution in [2.75, 3.05) is 27.1 Å². The number of amides is 1. The van der Waals surface area contributed by atoms with E-state index in [1.54, 1.807) is 27.4 Å². The molecule has 202 valence electrons. The number of hydrogen-bond acceptors (Lipinski definition) is 7. The van der Waals surface area contributed by atoms with Crippen LogP contribution in [0.5, 0.6) is 17.2 Å². The van der Waals surface area contributed by atoms with E-state index in [0.717, 1.165) is 51.6 Å². The van der Waals surface area contributed by atoms with Crippen LogP contribution in [0.1, 0.15) is 25.0 Å². The van der Waals surface area contributed by atoms with Crippen molar-refractivity contribution in [2.45, 2.75) is 26.9 Å². The SMILES string of the molecule is COc1cc(CN2N=C(c3ccc4c(c3)nc(-c3cccc(OC)c3)n4CC(C)C)CSC2=O)cc(OC)c1. The van der Waals surface area contributed by atoms with Gasteiger partial charge in [0.05, 0.1) is 44.6 Å². The van der Waals surface area contributed by atoms with Gasteiger partial charge in [-0.25, -0.2) is 9.99 Å². The Hall–Kier alpha value is -3.98. The molecule has 0 radical (unpaired) electrons. The van der Waals surface area contributed by atoms with Gasteiger partial charge in [0.2, 0.25) is 0 Å². The number of nitrogens with zero attached hydrogens (tertiary/aromatic N) is 4. The lowest BCUT2D eigenvalue weighted by atomic mass is 10.1. The number of methoxy groups -OCH3 is 3. The summed E-state index contributed by atoms with van der Waals surface area (Å²) in [5, 5.41) is 6.16. The van der Waals surface area contributed by atoms with Crippen molar-refractivity contribution in [3.05, 3.63) is 71.8 Å². The highest BCUT2D eigenvalue weighted by atomic mass is 32.2. The number of carbonyl (C=O) groups is 1. The molecule has 1 aliphatic heterocycles. The Morgan fingerprint density at radius 2 is 1.64 bits per heavy atom.